The third kappa shape index (κ3) is 6.23. The standard InChI is InChI=1S/C31H37NO3SSi/c1-22(2)37(23(3)4,24(5)6)20-10-13-30(28-17-16-26-11-8-9-12-27(26)21-28)31(33)32-36(34,35)29-18-14-25(7)15-19-29/h8-9,11-19,21-24H,1-7H3,(H,32,33)/b30-13-. The molecule has 0 aliphatic heterocycles. The van der Waals surface area contributed by atoms with E-state index >= 15 is 0 Å². The molecule has 0 atom stereocenters. The zero-order chi connectivity index (χ0) is 27.4. The molecule has 1 amide bonds. The fourth-order valence-corrected chi connectivity index (χ4v) is 11.4. The molecule has 0 spiro atoms. The Kier molecular flexibility index (Phi) is 8.83. The summed E-state index contributed by atoms with van der Waals surface area (Å²) >= 11 is 0. The number of benzene rings is 3. The van der Waals surface area contributed by atoms with Gasteiger partial charge in [0.1, 0.15) is 8.07 Å². The second-order valence-electron chi connectivity index (χ2n) is 10.5. The van der Waals surface area contributed by atoms with Gasteiger partial charge in [-0.15, -0.1) is 5.54 Å². The van der Waals surface area contributed by atoms with Crippen molar-refractivity contribution in [1.29, 1.82) is 0 Å². The van der Waals surface area contributed by atoms with E-state index in [4.69, 9.17) is 0 Å². The first kappa shape index (κ1) is 28.4. The summed E-state index contributed by atoms with van der Waals surface area (Å²) in [4.78, 5) is 13.5. The van der Waals surface area contributed by atoms with Crippen LogP contribution in [0.5, 0.6) is 0 Å². The van der Waals surface area contributed by atoms with Crippen LogP contribution in [0.1, 0.15) is 52.7 Å². The van der Waals surface area contributed by atoms with Crippen molar-refractivity contribution in [2.24, 2.45) is 0 Å². The highest BCUT2D eigenvalue weighted by molar-refractivity contribution is 7.90. The van der Waals surface area contributed by atoms with Crippen molar-refractivity contribution in [3.8, 4) is 11.5 Å². The predicted octanol–water partition coefficient (Wildman–Crippen LogP) is 7.26. The van der Waals surface area contributed by atoms with Crippen LogP contribution in [0, 0.1) is 18.4 Å². The van der Waals surface area contributed by atoms with Crippen molar-refractivity contribution >= 4 is 40.3 Å². The molecular weight excluding hydrogens is 494 g/mol. The van der Waals surface area contributed by atoms with E-state index in [0.717, 1.165) is 16.3 Å². The first-order valence-corrected chi connectivity index (χ1v) is 16.5. The summed E-state index contributed by atoms with van der Waals surface area (Å²) in [6.07, 6.45) is 1.60. The number of sulfonamides is 1. The SMILES string of the molecule is Cc1ccc(S(=O)(=O)NC(=O)/C(=C\C#C[Si](C(C)C)(C(C)C)C(C)C)c2ccc3ccccc3c2)cc1. The average molecular weight is 532 g/mol. The van der Waals surface area contributed by atoms with Gasteiger partial charge < -0.3 is 0 Å². The van der Waals surface area contributed by atoms with E-state index in [0.29, 0.717) is 22.2 Å². The molecule has 0 bridgehead atoms. The van der Waals surface area contributed by atoms with Crippen molar-refractivity contribution in [2.45, 2.75) is 70.0 Å². The number of nitrogens with one attached hydrogen (secondary N) is 1. The van der Waals surface area contributed by atoms with Crippen molar-refractivity contribution < 1.29 is 13.2 Å². The minimum Gasteiger partial charge on any atom is -0.268 e. The summed E-state index contributed by atoms with van der Waals surface area (Å²) in [6, 6.07) is 19.9. The quantitative estimate of drug-likeness (QED) is 0.198. The molecule has 4 nitrogen and oxygen atoms in total. The number of aryl methyl sites for hydroxylation is 1. The van der Waals surface area contributed by atoms with E-state index in [1.54, 1.807) is 18.2 Å². The Hall–Kier alpha value is -3.14. The Bertz CT molecular complexity index is 1450. The van der Waals surface area contributed by atoms with Gasteiger partial charge in [-0.2, -0.15) is 0 Å². The Morgan fingerprint density at radius 1 is 0.838 bits per heavy atom. The van der Waals surface area contributed by atoms with E-state index in [2.05, 4.69) is 57.7 Å². The second kappa shape index (κ2) is 11.5. The fourth-order valence-electron chi connectivity index (χ4n) is 5.26. The minimum absolute atomic E-state index is 0.0428. The van der Waals surface area contributed by atoms with Crippen LogP contribution in [0.15, 0.2) is 77.7 Å². The summed E-state index contributed by atoms with van der Waals surface area (Å²) in [5, 5.41) is 2.00. The van der Waals surface area contributed by atoms with Crippen LogP contribution in [0.2, 0.25) is 16.6 Å². The first-order valence-electron chi connectivity index (χ1n) is 12.7. The molecule has 0 heterocycles. The van der Waals surface area contributed by atoms with E-state index in [1.807, 2.05) is 49.4 Å². The second-order valence-corrected chi connectivity index (χ2v) is 17.8. The molecule has 0 saturated heterocycles. The zero-order valence-corrected chi connectivity index (χ0v) is 24.6. The molecule has 0 aliphatic rings. The van der Waals surface area contributed by atoms with E-state index < -0.39 is 24.0 Å². The maximum absolute atomic E-state index is 13.5. The molecule has 1 N–H and O–H groups in total. The highest BCUT2D eigenvalue weighted by Gasteiger charge is 2.41. The van der Waals surface area contributed by atoms with Gasteiger partial charge in [0.25, 0.3) is 15.9 Å². The fraction of sp³-hybridized carbons (Fsp3) is 0.323. The van der Waals surface area contributed by atoms with Crippen LogP contribution in [-0.2, 0) is 14.8 Å². The summed E-state index contributed by atoms with van der Waals surface area (Å²) in [5.74, 6) is 2.53. The number of hydrogen-bond donors (Lipinski definition) is 1. The lowest BCUT2D eigenvalue weighted by atomic mass is 10.0. The van der Waals surface area contributed by atoms with Crippen LogP contribution in [0.3, 0.4) is 0 Å². The molecule has 6 heteroatoms. The summed E-state index contributed by atoms with van der Waals surface area (Å²) in [7, 11) is -6.08. The van der Waals surface area contributed by atoms with Crippen LogP contribution >= 0.6 is 0 Å². The number of amides is 1. The highest BCUT2D eigenvalue weighted by atomic mass is 32.2. The number of fused-ring (bicyclic) bond motifs is 1. The van der Waals surface area contributed by atoms with Gasteiger partial charge in [-0.25, -0.2) is 13.1 Å². The molecule has 0 fully saturated rings. The van der Waals surface area contributed by atoms with Crippen molar-refractivity contribution in [3.63, 3.8) is 0 Å². The molecule has 37 heavy (non-hydrogen) atoms. The molecule has 0 saturated carbocycles. The monoisotopic (exact) mass is 531 g/mol. The lowest BCUT2D eigenvalue weighted by molar-refractivity contribution is -0.114. The zero-order valence-electron chi connectivity index (χ0n) is 22.8. The Morgan fingerprint density at radius 3 is 1.97 bits per heavy atom. The van der Waals surface area contributed by atoms with Gasteiger partial charge in [-0.05, 0) is 58.1 Å². The summed E-state index contributed by atoms with van der Waals surface area (Å²) in [5.41, 5.74) is 6.71. The largest absolute Gasteiger partial charge is 0.268 e. The first-order chi connectivity index (χ1) is 17.4. The number of rotatable bonds is 7. The molecule has 0 aromatic heterocycles. The van der Waals surface area contributed by atoms with Gasteiger partial charge in [0.2, 0.25) is 0 Å². The van der Waals surface area contributed by atoms with Gasteiger partial charge >= 0.3 is 0 Å². The minimum atomic E-state index is -4.05. The molecule has 3 aromatic carbocycles. The Morgan fingerprint density at radius 2 is 1.41 bits per heavy atom. The number of carbonyl (C=O) groups is 1. The number of carbonyl (C=O) groups excluding carboxylic acids is 1. The summed E-state index contributed by atoms with van der Waals surface area (Å²) < 4.78 is 28.3. The molecule has 0 radical (unpaired) electrons. The highest BCUT2D eigenvalue weighted by Crippen LogP contribution is 2.40. The lowest BCUT2D eigenvalue weighted by Crippen LogP contribution is -2.43. The van der Waals surface area contributed by atoms with Crippen LogP contribution in [-0.4, -0.2) is 22.4 Å². The van der Waals surface area contributed by atoms with Crippen molar-refractivity contribution in [3.05, 3.63) is 83.9 Å². The van der Waals surface area contributed by atoms with Crippen molar-refractivity contribution in [1.82, 2.24) is 4.72 Å². The normalized spacial score (nSPS) is 12.6. The molecule has 0 aliphatic carbocycles. The van der Waals surface area contributed by atoms with Crippen molar-refractivity contribution in [2.75, 3.05) is 0 Å². The molecular formula is C31H37NO3SSi. The Labute approximate surface area is 223 Å². The van der Waals surface area contributed by atoms with Gasteiger partial charge in [0, 0.05) is 6.08 Å². The molecule has 194 valence electrons. The topological polar surface area (TPSA) is 63.2 Å². The Balaban J connectivity index is 2.11. The van der Waals surface area contributed by atoms with Gasteiger partial charge in [0.05, 0.1) is 10.5 Å². The summed E-state index contributed by atoms with van der Waals surface area (Å²) in [6.45, 7) is 15.3. The molecule has 3 aromatic rings. The molecule has 3 rings (SSSR count). The van der Waals surface area contributed by atoms with E-state index in [-0.39, 0.29) is 10.5 Å². The van der Waals surface area contributed by atoms with Gasteiger partial charge in [-0.3, -0.25) is 4.79 Å². The number of hydrogen-bond acceptors (Lipinski definition) is 3. The smallest absolute Gasteiger partial charge is 0.266 e. The number of allylic oxidation sites excluding steroid dienone is 1. The molecule has 0 unspecified atom stereocenters. The third-order valence-electron chi connectivity index (χ3n) is 7.23. The predicted molar refractivity (Wildman–Crippen MR) is 157 cm³/mol. The van der Waals surface area contributed by atoms with E-state index in [9.17, 15) is 13.2 Å². The van der Waals surface area contributed by atoms with E-state index in [1.165, 1.54) is 12.1 Å². The third-order valence-corrected chi connectivity index (χ3v) is 14.9. The van der Waals surface area contributed by atoms with Crippen LogP contribution < -0.4 is 4.72 Å². The lowest BCUT2D eigenvalue weighted by Gasteiger charge is -2.38. The van der Waals surface area contributed by atoms with Crippen LogP contribution in [0.4, 0.5) is 0 Å². The average Bonchev–Trinajstić information content (AvgIpc) is 2.83. The van der Waals surface area contributed by atoms with Gasteiger partial charge in [-0.1, -0.05) is 102 Å². The maximum atomic E-state index is 13.5. The van der Waals surface area contributed by atoms with Gasteiger partial charge in [0.15, 0.2) is 0 Å². The van der Waals surface area contributed by atoms with Crippen LogP contribution in [0.25, 0.3) is 16.3 Å². The maximum Gasteiger partial charge on any atom is 0.266 e.